The van der Waals surface area contributed by atoms with E-state index in [0.717, 1.165) is 12.8 Å². The standard InChI is InChI=1S/C12H27O3P/c1-5-7-8-9-10-11(3)15-16(13,14)12(4)6-2/h11-12H,5-10H2,1-4H3,(H,13,14). The average Bonchev–Trinajstić information content (AvgIpc) is 2.22. The minimum atomic E-state index is -3.40. The van der Waals surface area contributed by atoms with E-state index in [0.29, 0.717) is 6.42 Å². The van der Waals surface area contributed by atoms with Crippen LogP contribution in [0.15, 0.2) is 0 Å². The maximum Gasteiger partial charge on any atom is 0.331 e. The second-order valence-electron chi connectivity index (χ2n) is 4.59. The SMILES string of the molecule is CCCCCCC(C)OP(=O)(O)C(C)CC. The summed E-state index contributed by atoms with van der Waals surface area (Å²) in [5.41, 5.74) is -0.259. The van der Waals surface area contributed by atoms with Crippen molar-refractivity contribution in [3.63, 3.8) is 0 Å². The highest BCUT2D eigenvalue weighted by molar-refractivity contribution is 7.53. The molecule has 0 saturated carbocycles. The Morgan fingerprint density at radius 1 is 1.19 bits per heavy atom. The van der Waals surface area contributed by atoms with Crippen LogP contribution in [0.25, 0.3) is 0 Å². The summed E-state index contributed by atoms with van der Waals surface area (Å²) in [7, 11) is -3.40. The van der Waals surface area contributed by atoms with Crippen LogP contribution in [0.3, 0.4) is 0 Å². The van der Waals surface area contributed by atoms with Crippen molar-refractivity contribution in [2.75, 3.05) is 0 Å². The summed E-state index contributed by atoms with van der Waals surface area (Å²) in [5, 5.41) is 0. The Bertz CT molecular complexity index is 218. The Kier molecular flexibility index (Phi) is 8.35. The molecule has 0 spiro atoms. The highest BCUT2D eigenvalue weighted by Gasteiger charge is 2.28. The van der Waals surface area contributed by atoms with E-state index in [1.165, 1.54) is 19.3 Å². The Morgan fingerprint density at radius 3 is 2.31 bits per heavy atom. The fourth-order valence-electron chi connectivity index (χ4n) is 1.50. The molecule has 0 bridgehead atoms. The molecule has 98 valence electrons. The maximum atomic E-state index is 11.8. The molecule has 0 aromatic rings. The Hall–Kier alpha value is 0.150. The highest BCUT2D eigenvalue weighted by Crippen LogP contribution is 2.50. The van der Waals surface area contributed by atoms with Crippen LogP contribution in [0.5, 0.6) is 0 Å². The Balaban J connectivity index is 3.85. The lowest BCUT2D eigenvalue weighted by atomic mass is 10.1. The van der Waals surface area contributed by atoms with Gasteiger partial charge in [0.1, 0.15) is 0 Å². The minimum Gasteiger partial charge on any atom is -0.324 e. The van der Waals surface area contributed by atoms with Crippen LogP contribution in [0, 0.1) is 0 Å². The molecule has 0 rings (SSSR count). The second-order valence-corrected chi connectivity index (χ2v) is 6.81. The van der Waals surface area contributed by atoms with Crippen LogP contribution in [-0.4, -0.2) is 16.7 Å². The fraction of sp³-hybridized carbons (Fsp3) is 1.00. The predicted octanol–water partition coefficient (Wildman–Crippen LogP) is 4.35. The molecule has 0 fully saturated rings. The first-order valence-corrected chi connectivity index (χ1v) is 8.09. The van der Waals surface area contributed by atoms with E-state index in [1.807, 2.05) is 13.8 Å². The average molecular weight is 250 g/mol. The minimum absolute atomic E-state index is 0.110. The summed E-state index contributed by atoms with van der Waals surface area (Å²) in [5.74, 6) is 0. The monoisotopic (exact) mass is 250 g/mol. The molecule has 0 amide bonds. The van der Waals surface area contributed by atoms with E-state index >= 15 is 0 Å². The van der Waals surface area contributed by atoms with Crippen molar-refractivity contribution in [1.82, 2.24) is 0 Å². The quantitative estimate of drug-likeness (QED) is 0.489. The highest BCUT2D eigenvalue weighted by atomic mass is 31.2. The maximum absolute atomic E-state index is 11.8. The third kappa shape index (κ3) is 6.67. The zero-order valence-electron chi connectivity index (χ0n) is 11.1. The second kappa shape index (κ2) is 8.27. The van der Waals surface area contributed by atoms with Gasteiger partial charge in [-0.3, -0.25) is 4.57 Å². The number of hydrogen-bond donors (Lipinski definition) is 1. The van der Waals surface area contributed by atoms with Gasteiger partial charge in [0.25, 0.3) is 0 Å². The van der Waals surface area contributed by atoms with E-state index in [-0.39, 0.29) is 11.8 Å². The first kappa shape index (κ1) is 16.1. The van der Waals surface area contributed by atoms with Crippen molar-refractivity contribution in [2.45, 2.75) is 78.0 Å². The first-order chi connectivity index (χ1) is 7.44. The van der Waals surface area contributed by atoms with Crippen molar-refractivity contribution in [3.05, 3.63) is 0 Å². The zero-order valence-corrected chi connectivity index (χ0v) is 12.0. The lowest BCUT2D eigenvalue weighted by Crippen LogP contribution is -2.12. The Labute approximate surface area is 100 Å². The van der Waals surface area contributed by atoms with Gasteiger partial charge >= 0.3 is 7.60 Å². The van der Waals surface area contributed by atoms with Crippen molar-refractivity contribution in [2.24, 2.45) is 0 Å². The summed E-state index contributed by atoms with van der Waals surface area (Å²) in [4.78, 5) is 9.69. The van der Waals surface area contributed by atoms with E-state index < -0.39 is 7.60 Å². The molecule has 0 heterocycles. The van der Waals surface area contributed by atoms with Crippen LogP contribution in [0.1, 0.15) is 66.2 Å². The molecule has 0 aromatic heterocycles. The van der Waals surface area contributed by atoms with Crippen LogP contribution in [-0.2, 0) is 9.09 Å². The van der Waals surface area contributed by atoms with Gasteiger partial charge in [0.05, 0.1) is 11.8 Å². The molecular formula is C12H27O3P. The van der Waals surface area contributed by atoms with Gasteiger partial charge in [0, 0.05) is 0 Å². The molecule has 0 radical (unpaired) electrons. The Morgan fingerprint density at radius 2 is 1.81 bits per heavy atom. The predicted molar refractivity (Wildman–Crippen MR) is 68.9 cm³/mol. The van der Waals surface area contributed by atoms with Gasteiger partial charge in [-0.25, -0.2) is 0 Å². The lowest BCUT2D eigenvalue weighted by Gasteiger charge is -2.21. The molecule has 0 saturated heterocycles. The smallest absolute Gasteiger partial charge is 0.324 e. The normalized spacial score (nSPS) is 19.1. The van der Waals surface area contributed by atoms with Gasteiger partial charge in [-0.2, -0.15) is 0 Å². The van der Waals surface area contributed by atoms with Gasteiger partial charge in [0.15, 0.2) is 0 Å². The van der Waals surface area contributed by atoms with Gasteiger partial charge in [0.2, 0.25) is 0 Å². The van der Waals surface area contributed by atoms with Gasteiger partial charge in [-0.15, -0.1) is 0 Å². The molecule has 3 nitrogen and oxygen atoms in total. The summed E-state index contributed by atoms with van der Waals surface area (Å²) in [6.45, 7) is 7.73. The van der Waals surface area contributed by atoms with Crippen molar-refractivity contribution >= 4 is 7.60 Å². The van der Waals surface area contributed by atoms with E-state index in [9.17, 15) is 9.46 Å². The van der Waals surface area contributed by atoms with Crippen molar-refractivity contribution < 1.29 is 14.0 Å². The third-order valence-electron chi connectivity index (χ3n) is 2.94. The molecule has 16 heavy (non-hydrogen) atoms. The van der Waals surface area contributed by atoms with E-state index in [1.54, 1.807) is 6.92 Å². The molecule has 4 heteroatoms. The first-order valence-electron chi connectivity index (χ1n) is 6.44. The number of hydrogen-bond acceptors (Lipinski definition) is 2. The van der Waals surface area contributed by atoms with Gasteiger partial charge in [-0.05, 0) is 19.8 Å². The molecule has 0 aliphatic rings. The molecule has 0 aromatic carbocycles. The summed E-state index contributed by atoms with van der Waals surface area (Å²) in [6, 6.07) is 0. The van der Waals surface area contributed by atoms with Gasteiger partial charge in [-0.1, -0.05) is 46.5 Å². The molecule has 0 aliphatic carbocycles. The molecule has 3 atom stereocenters. The lowest BCUT2D eigenvalue weighted by molar-refractivity contribution is 0.172. The van der Waals surface area contributed by atoms with Crippen LogP contribution in [0.4, 0.5) is 0 Å². The van der Waals surface area contributed by atoms with E-state index in [2.05, 4.69) is 6.92 Å². The topological polar surface area (TPSA) is 46.5 Å². The van der Waals surface area contributed by atoms with Crippen LogP contribution < -0.4 is 0 Å². The van der Waals surface area contributed by atoms with Gasteiger partial charge < -0.3 is 9.42 Å². The molecule has 3 unspecified atom stereocenters. The third-order valence-corrected chi connectivity index (χ3v) is 5.08. The molecular weight excluding hydrogens is 223 g/mol. The molecule has 1 N–H and O–H groups in total. The summed E-state index contributed by atoms with van der Waals surface area (Å²) < 4.78 is 17.1. The fourth-order valence-corrected chi connectivity index (χ4v) is 2.79. The number of rotatable bonds is 9. The number of unbranched alkanes of at least 4 members (excludes halogenated alkanes) is 3. The zero-order chi connectivity index (χ0) is 12.6. The van der Waals surface area contributed by atoms with Crippen molar-refractivity contribution in [1.29, 1.82) is 0 Å². The van der Waals surface area contributed by atoms with Crippen LogP contribution >= 0.6 is 7.60 Å². The largest absolute Gasteiger partial charge is 0.331 e. The van der Waals surface area contributed by atoms with Crippen LogP contribution in [0.2, 0.25) is 0 Å². The van der Waals surface area contributed by atoms with Crippen molar-refractivity contribution in [3.8, 4) is 0 Å². The van der Waals surface area contributed by atoms with E-state index in [4.69, 9.17) is 4.52 Å². The molecule has 0 aliphatic heterocycles. The summed E-state index contributed by atoms with van der Waals surface area (Å²) in [6.07, 6.45) is 6.15. The summed E-state index contributed by atoms with van der Waals surface area (Å²) >= 11 is 0.